The Morgan fingerprint density at radius 3 is 2.05 bits per heavy atom. The monoisotopic (exact) mass is 550 g/mol. The lowest BCUT2D eigenvalue weighted by Crippen LogP contribution is -2.01. The first-order chi connectivity index (χ1) is 21.3. The Kier molecular flexibility index (Phi) is 5.13. The number of nitrogens with zero attached hydrogens (tertiary/aromatic N) is 4. The fraction of sp³-hybridized carbons (Fsp3) is 0. The molecule has 0 N–H and O–H groups in total. The maximum Gasteiger partial charge on any atom is 0.227 e. The zero-order valence-corrected chi connectivity index (χ0v) is 22.9. The van der Waals surface area contributed by atoms with Crippen LogP contribution < -0.4 is 0 Å². The van der Waals surface area contributed by atoms with Crippen LogP contribution in [0.4, 0.5) is 0 Å². The highest BCUT2D eigenvalue weighted by Crippen LogP contribution is 2.40. The van der Waals surface area contributed by atoms with Crippen molar-refractivity contribution in [1.82, 2.24) is 19.9 Å². The van der Waals surface area contributed by atoms with E-state index in [4.69, 9.17) is 19.4 Å². The quantitative estimate of drug-likeness (QED) is 0.205. The van der Waals surface area contributed by atoms with Gasteiger partial charge in [0.2, 0.25) is 5.71 Å². The van der Waals surface area contributed by atoms with Crippen LogP contribution in [0.25, 0.3) is 88.5 Å². The van der Waals surface area contributed by atoms with Crippen molar-refractivity contribution in [3.8, 4) is 34.2 Å². The van der Waals surface area contributed by atoms with E-state index in [9.17, 15) is 0 Å². The number of furan rings is 1. The summed E-state index contributed by atoms with van der Waals surface area (Å²) >= 11 is 0. The highest BCUT2D eigenvalue weighted by molar-refractivity contribution is 6.22. The summed E-state index contributed by atoms with van der Waals surface area (Å²) in [6.45, 7) is 0. The molecule has 200 valence electrons. The van der Waals surface area contributed by atoms with Gasteiger partial charge >= 0.3 is 0 Å². The van der Waals surface area contributed by atoms with Crippen molar-refractivity contribution in [3.63, 3.8) is 0 Å². The van der Waals surface area contributed by atoms with Gasteiger partial charge in [0.05, 0.1) is 0 Å². The fourth-order valence-electron chi connectivity index (χ4n) is 6.24. The molecule has 5 nitrogen and oxygen atoms in total. The smallest absolute Gasteiger partial charge is 0.227 e. The van der Waals surface area contributed by atoms with Gasteiger partial charge in [-0.3, -0.25) is 0 Å². The lowest BCUT2D eigenvalue weighted by Gasteiger charge is -2.14. The largest absolute Gasteiger partial charge is 0.438 e. The highest BCUT2D eigenvalue weighted by Gasteiger charge is 2.20. The Morgan fingerprint density at radius 1 is 0.442 bits per heavy atom. The van der Waals surface area contributed by atoms with Gasteiger partial charge in [-0.15, -0.1) is 0 Å². The maximum atomic E-state index is 6.12. The Bertz CT molecular complexity index is 2520. The van der Waals surface area contributed by atoms with E-state index in [1.807, 2.05) is 60.7 Å². The normalized spacial score (nSPS) is 11.7. The molecule has 5 heteroatoms. The molecule has 0 amide bonds. The molecule has 9 aromatic rings. The summed E-state index contributed by atoms with van der Waals surface area (Å²) in [5.74, 6) is 1.83. The molecule has 3 heterocycles. The van der Waals surface area contributed by atoms with Crippen molar-refractivity contribution in [3.05, 3.63) is 134 Å². The zero-order valence-electron chi connectivity index (χ0n) is 22.9. The van der Waals surface area contributed by atoms with Crippen LogP contribution >= 0.6 is 0 Å². The van der Waals surface area contributed by atoms with E-state index in [1.54, 1.807) is 6.20 Å². The Hall–Kier alpha value is -5.94. The van der Waals surface area contributed by atoms with Crippen LogP contribution in [0.1, 0.15) is 0 Å². The molecule has 6 aromatic carbocycles. The van der Waals surface area contributed by atoms with Crippen molar-refractivity contribution in [2.45, 2.75) is 0 Å². The molecule has 0 aliphatic heterocycles. The van der Waals surface area contributed by atoms with Gasteiger partial charge in [-0.2, -0.15) is 0 Å². The van der Waals surface area contributed by atoms with Gasteiger partial charge in [-0.05, 0) is 51.2 Å². The van der Waals surface area contributed by atoms with E-state index in [1.165, 1.54) is 16.2 Å². The zero-order chi connectivity index (χ0) is 28.3. The summed E-state index contributed by atoms with van der Waals surface area (Å²) in [5.41, 5.74) is 4.11. The minimum absolute atomic E-state index is 0.586. The van der Waals surface area contributed by atoms with Gasteiger partial charge in [0.15, 0.2) is 17.5 Å². The highest BCUT2D eigenvalue weighted by atomic mass is 16.3. The van der Waals surface area contributed by atoms with E-state index >= 15 is 0 Å². The second kappa shape index (κ2) is 9.29. The number of aromatic nitrogens is 4. The minimum Gasteiger partial charge on any atom is -0.438 e. The lowest BCUT2D eigenvalue weighted by atomic mass is 9.92. The predicted molar refractivity (Wildman–Crippen MR) is 174 cm³/mol. The summed E-state index contributed by atoms with van der Waals surface area (Å²) in [7, 11) is 0. The van der Waals surface area contributed by atoms with Crippen molar-refractivity contribution in [2.75, 3.05) is 0 Å². The number of benzene rings is 6. The Balaban J connectivity index is 1.42. The molecule has 0 saturated carbocycles. The summed E-state index contributed by atoms with van der Waals surface area (Å²) in [6.07, 6.45) is 1.74. The minimum atomic E-state index is 0.586. The van der Waals surface area contributed by atoms with Crippen LogP contribution in [0, 0.1) is 0 Å². The molecule has 0 radical (unpaired) electrons. The van der Waals surface area contributed by atoms with Gasteiger partial charge in [-0.1, -0.05) is 103 Å². The third kappa shape index (κ3) is 3.72. The summed E-state index contributed by atoms with van der Waals surface area (Å²) in [4.78, 5) is 19.9. The number of fused-ring (bicyclic) bond motifs is 8. The molecule has 3 aromatic heterocycles. The molecular formula is C38H22N4O. The topological polar surface area (TPSA) is 64.7 Å². The summed E-state index contributed by atoms with van der Waals surface area (Å²) in [6, 6.07) is 43.7. The predicted octanol–water partition coefficient (Wildman–Crippen LogP) is 9.63. The summed E-state index contributed by atoms with van der Waals surface area (Å²) < 4.78 is 6.12. The summed E-state index contributed by atoms with van der Waals surface area (Å²) in [5, 5.41) is 8.84. The van der Waals surface area contributed by atoms with E-state index in [2.05, 4.69) is 71.7 Å². The second-order valence-electron chi connectivity index (χ2n) is 10.7. The van der Waals surface area contributed by atoms with Crippen LogP contribution in [-0.2, 0) is 0 Å². The lowest BCUT2D eigenvalue weighted by molar-refractivity contribution is 0.654. The molecule has 9 rings (SSSR count). The average molecular weight is 551 g/mol. The number of hydrogen-bond donors (Lipinski definition) is 0. The number of hydrogen-bond acceptors (Lipinski definition) is 5. The first-order valence-electron chi connectivity index (χ1n) is 14.2. The first-order valence-corrected chi connectivity index (χ1v) is 14.2. The van der Waals surface area contributed by atoms with Gasteiger partial charge in [0.25, 0.3) is 0 Å². The van der Waals surface area contributed by atoms with Crippen LogP contribution in [-0.4, -0.2) is 19.9 Å². The van der Waals surface area contributed by atoms with Crippen molar-refractivity contribution in [2.24, 2.45) is 0 Å². The molecule has 0 aliphatic rings. The first kappa shape index (κ1) is 23.7. The van der Waals surface area contributed by atoms with Gasteiger partial charge < -0.3 is 4.42 Å². The number of pyridine rings is 1. The van der Waals surface area contributed by atoms with Crippen LogP contribution in [0.5, 0.6) is 0 Å². The van der Waals surface area contributed by atoms with Crippen molar-refractivity contribution >= 4 is 54.4 Å². The molecule has 0 saturated heterocycles. The molecule has 0 atom stereocenters. The van der Waals surface area contributed by atoms with Crippen LogP contribution in [0.2, 0.25) is 0 Å². The Labute approximate surface area is 246 Å². The van der Waals surface area contributed by atoms with E-state index in [0.29, 0.717) is 23.2 Å². The van der Waals surface area contributed by atoms with Gasteiger partial charge in [-0.25, -0.2) is 19.9 Å². The van der Waals surface area contributed by atoms with E-state index < -0.39 is 0 Å². The van der Waals surface area contributed by atoms with Crippen LogP contribution in [0.3, 0.4) is 0 Å². The maximum absolute atomic E-state index is 6.12. The third-order valence-electron chi connectivity index (χ3n) is 8.17. The molecule has 0 aliphatic carbocycles. The SMILES string of the molecule is c1ccc(-c2nc(-c3cccc4oc5ncccc5c34)nc(-c3cc4ccccc4c4ccc5ccccc5c34)n2)cc1. The molecule has 0 spiro atoms. The van der Waals surface area contributed by atoms with Gasteiger partial charge in [0, 0.05) is 39.0 Å². The Morgan fingerprint density at radius 2 is 1.16 bits per heavy atom. The third-order valence-corrected chi connectivity index (χ3v) is 8.17. The second-order valence-corrected chi connectivity index (χ2v) is 10.7. The molecule has 0 bridgehead atoms. The van der Waals surface area contributed by atoms with Crippen LogP contribution in [0.15, 0.2) is 138 Å². The number of rotatable bonds is 3. The van der Waals surface area contributed by atoms with Crippen molar-refractivity contribution in [1.29, 1.82) is 0 Å². The van der Waals surface area contributed by atoms with Gasteiger partial charge in [0.1, 0.15) is 5.58 Å². The average Bonchev–Trinajstić information content (AvgIpc) is 3.47. The molecular weight excluding hydrogens is 528 g/mol. The van der Waals surface area contributed by atoms with E-state index in [-0.39, 0.29) is 0 Å². The molecule has 0 unspecified atom stereocenters. The molecule has 0 fully saturated rings. The van der Waals surface area contributed by atoms with E-state index in [0.717, 1.165) is 49.2 Å². The van der Waals surface area contributed by atoms with Crippen molar-refractivity contribution < 1.29 is 4.42 Å². The standard InChI is InChI=1S/C38H22N4O/c1-2-11-24(12-3-1)35-40-36(29-16-8-18-32-34(29)30-17-9-21-39-38(30)43-32)42-37(41-35)31-22-25-13-5-6-14-26(25)28-20-19-23-10-4-7-15-27(23)33(28)31/h1-22H. The fourth-order valence-corrected chi connectivity index (χ4v) is 6.24. The molecule has 43 heavy (non-hydrogen) atoms.